The third-order valence-corrected chi connectivity index (χ3v) is 1.43. The summed E-state index contributed by atoms with van der Waals surface area (Å²) in [7, 11) is 3.31. The maximum Gasteiger partial charge on any atom is 0.219 e. The van der Waals surface area contributed by atoms with Crippen LogP contribution in [0.1, 0.15) is 6.92 Å². The Morgan fingerprint density at radius 1 is 1.73 bits per heavy atom. The van der Waals surface area contributed by atoms with E-state index in [0.717, 1.165) is 0 Å². The number of likely N-dealkylation sites (N-methyl/N-ethyl adjacent to an activating group) is 1. The van der Waals surface area contributed by atoms with Crippen LogP contribution in [-0.4, -0.2) is 44.2 Å². The molecule has 0 aliphatic rings. The first-order chi connectivity index (χ1) is 5.07. The monoisotopic (exact) mass is 160 g/mol. The number of hydrogen-bond acceptors (Lipinski definition) is 3. The molecule has 2 N–H and O–H groups in total. The quantitative estimate of drug-likeness (QED) is 0.599. The van der Waals surface area contributed by atoms with E-state index in [2.05, 4.69) is 0 Å². The molecule has 11 heavy (non-hydrogen) atoms. The Bertz CT molecular complexity index is 128. The van der Waals surface area contributed by atoms with Crippen molar-refractivity contribution in [3.63, 3.8) is 0 Å². The molecule has 0 rings (SSSR count). The molecular weight excluding hydrogens is 144 g/mol. The van der Waals surface area contributed by atoms with E-state index in [9.17, 15) is 4.79 Å². The van der Waals surface area contributed by atoms with Crippen LogP contribution < -0.4 is 5.73 Å². The van der Waals surface area contributed by atoms with Gasteiger partial charge in [-0.3, -0.25) is 4.79 Å². The second kappa shape index (κ2) is 5.09. The summed E-state index contributed by atoms with van der Waals surface area (Å²) in [4.78, 5) is 12.3. The van der Waals surface area contributed by atoms with E-state index in [1.807, 2.05) is 0 Å². The molecule has 0 saturated carbocycles. The molecule has 0 saturated heterocycles. The van der Waals surface area contributed by atoms with Crippen molar-refractivity contribution in [3.8, 4) is 0 Å². The zero-order valence-corrected chi connectivity index (χ0v) is 7.33. The number of amides is 1. The number of carbonyl (C=O) groups is 1. The third-order valence-electron chi connectivity index (χ3n) is 1.43. The molecule has 1 atom stereocenters. The summed E-state index contributed by atoms with van der Waals surface area (Å²) in [6.45, 7) is 2.54. The van der Waals surface area contributed by atoms with Crippen LogP contribution in [0.2, 0.25) is 0 Å². The highest BCUT2D eigenvalue weighted by Crippen LogP contribution is 1.87. The number of nitrogens with zero attached hydrogens (tertiary/aromatic N) is 1. The van der Waals surface area contributed by atoms with Crippen molar-refractivity contribution in [2.75, 3.05) is 27.3 Å². The van der Waals surface area contributed by atoms with E-state index < -0.39 is 0 Å². The molecular formula is C7H16N2O2. The van der Waals surface area contributed by atoms with Gasteiger partial charge in [0.2, 0.25) is 5.91 Å². The largest absolute Gasteiger partial charge is 0.383 e. The van der Waals surface area contributed by atoms with E-state index >= 15 is 0 Å². The molecule has 4 heteroatoms. The summed E-state index contributed by atoms with van der Waals surface area (Å²) < 4.78 is 4.82. The van der Waals surface area contributed by atoms with Gasteiger partial charge in [-0.05, 0) is 0 Å². The van der Waals surface area contributed by atoms with Crippen molar-refractivity contribution in [2.45, 2.75) is 13.0 Å². The van der Waals surface area contributed by atoms with E-state index in [1.54, 1.807) is 19.1 Å². The summed E-state index contributed by atoms with van der Waals surface area (Å²) >= 11 is 0. The Labute approximate surface area is 67.3 Å². The average molecular weight is 160 g/mol. The van der Waals surface area contributed by atoms with Crippen LogP contribution in [0, 0.1) is 0 Å². The molecule has 0 fully saturated rings. The molecule has 0 heterocycles. The fourth-order valence-electron chi connectivity index (χ4n) is 0.747. The molecule has 0 aromatic heterocycles. The lowest BCUT2D eigenvalue weighted by molar-refractivity contribution is -0.127. The van der Waals surface area contributed by atoms with Crippen LogP contribution in [0.4, 0.5) is 0 Å². The molecule has 0 aliphatic carbocycles. The number of nitrogens with two attached hydrogens (primary N) is 1. The van der Waals surface area contributed by atoms with Crippen LogP contribution in [0.3, 0.4) is 0 Å². The molecule has 1 unspecified atom stereocenters. The zero-order chi connectivity index (χ0) is 8.85. The summed E-state index contributed by atoms with van der Waals surface area (Å²) in [5, 5.41) is 0. The van der Waals surface area contributed by atoms with Crippen molar-refractivity contribution in [3.05, 3.63) is 0 Å². The summed E-state index contributed by atoms with van der Waals surface area (Å²) in [6, 6.07) is -0.0890. The van der Waals surface area contributed by atoms with Gasteiger partial charge in [0.15, 0.2) is 0 Å². The first-order valence-electron chi connectivity index (χ1n) is 3.54. The molecule has 0 spiro atoms. The van der Waals surface area contributed by atoms with Gasteiger partial charge in [0.05, 0.1) is 6.61 Å². The van der Waals surface area contributed by atoms with E-state index in [-0.39, 0.29) is 11.9 Å². The Hall–Kier alpha value is -0.610. The van der Waals surface area contributed by atoms with Gasteiger partial charge < -0.3 is 15.4 Å². The standard InChI is InChI=1S/C7H16N2O2/c1-6(10)9(2)4-7(8)5-11-3/h7H,4-5,8H2,1-3H3. The van der Waals surface area contributed by atoms with Gasteiger partial charge in [-0.1, -0.05) is 0 Å². The maximum atomic E-state index is 10.7. The molecule has 0 radical (unpaired) electrons. The fraction of sp³-hybridized carbons (Fsp3) is 0.857. The van der Waals surface area contributed by atoms with Crippen molar-refractivity contribution in [1.82, 2.24) is 4.90 Å². The number of rotatable bonds is 4. The van der Waals surface area contributed by atoms with Gasteiger partial charge in [-0.2, -0.15) is 0 Å². The summed E-state index contributed by atoms with van der Waals surface area (Å²) in [5.74, 6) is 0.0246. The number of hydrogen-bond donors (Lipinski definition) is 1. The van der Waals surface area contributed by atoms with Gasteiger partial charge in [-0.25, -0.2) is 0 Å². The van der Waals surface area contributed by atoms with Crippen molar-refractivity contribution in [1.29, 1.82) is 0 Å². The minimum Gasteiger partial charge on any atom is -0.383 e. The summed E-state index contributed by atoms with van der Waals surface area (Å²) in [6.07, 6.45) is 0. The highest BCUT2D eigenvalue weighted by Gasteiger charge is 2.07. The normalized spacial score (nSPS) is 12.7. The van der Waals surface area contributed by atoms with Gasteiger partial charge in [0.25, 0.3) is 0 Å². The Balaban J connectivity index is 3.56. The molecule has 0 aliphatic heterocycles. The predicted octanol–water partition coefficient (Wildman–Crippen LogP) is -0.562. The first kappa shape index (κ1) is 10.4. The summed E-state index contributed by atoms with van der Waals surface area (Å²) in [5.41, 5.74) is 5.60. The minimum atomic E-state index is -0.0890. The average Bonchev–Trinajstić information content (AvgIpc) is 1.87. The first-order valence-corrected chi connectivity index (χ1v) is 3.54. The molecule has 1 amide bonds. The van der Waals surface area contributed by atoms with Crippen molar-refractivity contribution < 1.29 is 9.53 Å². The van der Waals surface area contributed by atoms with Crippen molar-refractivity contribution in [2.24, 2.45) is 5.73 Å². The number of ether oxygens (including phenoxy) is 1. The molecule has 0 aromatic carbocycles. The smallest absolute Gasteiger partial charge is 0.219 e. The van der Waals surface area contributed by atoms with Gasteiger partial charge >= 0.3 is 0 Å². The van der Waals surface area contributed by atoms with Crippen LogP contribution in [0.25, 0.3) is 0 Å². The fourth-order valence-corrected chi connectivity index (χ4v) is 0.747. The molecule has 0 bridgehead atoms. The van der Waals surface area contributed by atoms with Crippen LogP contribution in [-0.2, 0) is 9.53 Å². The SMILES string of the molecule is COCC(N)CN(C)C(C)=O. The van der Waals surface area contributed by atoms with Gasteiger partial charge in [0, 0.05) is 33.7 Å². The van der Waals surface area contributed by atoms with E-state index in [4.69, 9.17) is 10.5 Å². The topological polar surface area (TPSA) is 55.6 Å². The lowest BCUT2D eigenvalue weighted by atomic mass is 10.3. The lowest BCUT2D eigenvalue weighted by Crippen LogP contribution is -2.40. The van der Waals surface area contributed by atoms with Gasteiger partial charge in [0.1, 0.15) is 0 Å². The lowest BCUT2D eigenvalue weighted by Gasteiger charge is -2.19. The highest BCUT2D eigenvalue weighted by atomic mass is 16.5. The number of methoxy groups -OCH3 is 1. The third kappa shape index (κ3) is 4.75. The highest BCUT2D eigenvalue weighted by molar-refractivity contribution is 5.72. The minimum absolute atomic E-state index is 0.0246. The Morgan fingerprint density at radius 3 is 2.64 bits per heavy atom. The zero-order valence-electron chi connectivity index (χ0n) is 7.33. The van der Waals surface area contributed by atoms with Gasteiger partial charge in [-0.15, -0.1) is 0 Å². The second-order valence-corrected chi connectivity index (χ2v) is 2.61. The van der Waals surface area contributed by atoms with Crippen LogP contribution in [0.15, 0.2) is 0 Å². The predicted molar refractivity (Wildman–Crippen MR) is 43.2 cm³/mol. The molecule has 66 valence electrons. The number of carbonyl (C=O) groups excluding carboxylic acids is 1. The molecule has 4 nitrogen and oxygen atoms in total. The van der Waals surface area contributed by atoms with Crippen LogP contribution in [0.5, 0.6) is 0 Å². The Kier molecular flexibility index (Phi) is 4.81. The van der Waals surface area contributed by atoms with Crippen LogP contribution >= 0.6 is 0 Å². The Morgan fingerprint density at radius 2 is 2.27 bits per heavy atom. The molecule has 0 aromatic rings. The second-order valence-electron chi connectivity index (χ2n) is 2.61. The maximum absolute atomic E-state index is 10.7. The van der Waals surface area contributed by atoms with Crippen molar-refractivity contribution >= 4 is 5.91 Å². The van der Waals surface area contributed by atoms with E-state index in [1.165, 1.54) is 6.92 Å². The van der Waals surface area contributed by atoms with E-state index in [0.29, 0.717) is 13.2 Å².